The van der Waals surface area contributed by atoms with Gasteiger partial charge in [-0.25, -0.2) is 8.42 Å². The standard InChI is InChI=1S/C14H24N2O3S/c1-3-9-15-12-13-5-7-14(8-6-13)16-20(17,18)11-10-19-4-2/h5-8,15-16H,3-4,9-12H2,1-2H3. The van der Waals surface area contributed by atoms with Crippen molar-refractivity contribution in [3.8, 4) is 0 Å². The van der Waals surface area contributed by atoms with Gasteiger partial charge in [0.25, 0.3) is 0 Å². The molecule has 0 bridgehead atoms. The molecule has 0 fully saturated rings. The lowest BCUT2D eigenvalue weighted by Gasteiger charge is -2.09. The lowest BCUT2D eigenvalue weighted by Crippen LogP contribution is -2.20. The summed E-state index contributed by atoms with van der Waals surface area (Å²) in [4.78, 5) is 0. The zero-order valence-corrected chi connectivity index (χ0v) is 13.0. The Morgan fingerprint density at radius 3 is 2.45 bits per heavy atom. The Balaban J connectivity index is 2.47. The highest BCUT2D eigenvalue weighted by Crippen LogP contribution is 2.11. The lowest BCUT2D eigenvalue weighted by molar-refractivity contribution is 0.163. The maximum atomic E-state index is 11.8. The summed E-state index contributed by atoms with van der Waals surface area (Å²) in [6.45, 7) is 6.47. The van der Waals surface area contributed by atoms with Crippen molar-refractivity contribution in [1.82, 2.24) is 5.32 Å². The van der Waals surface area contributed by atoms with E-state index in [0.29, 0.717) is 12.3 Å². The van der Waals surface area contributed by atoms with Crippen LogP contribution < -0.4 is 10.0 Å². The van der Waals surface area contributed by atoms with Crippen molar-refractivity contribution in [2.75, 3.05) is 30.2 Å². The van der Waals surface area contributed by atoms with Gasteiger partial charge in [0.2, 0.25) is 10.0 Å². The van der Waals surface area contributed by atoms with Crippen LogP contribution >= 0.6 is 0 Å². The van der Waals surface area contributed by atoms with Gasteiger partial charge in [0.1, 0.15) is 0 Å². The normalized spacial score (nSPS) is 11.5. The Morgan fingerprint density at radius 1 is 1.15 bits per heavy atom. The summed E-state index contributed by atoms with van der Waals surface area (Å²) in [5.41, 5.74) is 1.72. The maximum Gasteiger partial charge on any atom is 0.234 e. The summed E-state index contributed by atoms with van der Waals surface area (Å²) in [6, 6.07) is 7.40. The largest absolute Gasteiger partial charge is 0.381 e. The van der Waals surface area contributed by atoms with E-state index in [-0.39, 0.29) is 12.4 Å². The van der Waals surface area contributed by atoms with E-state index in [0.717, 1.165) is 25.1 Å². The number of ether oxygens (including phenoxy) is 1. The molecule has 1 aromatic rings. The zero-order valence-electron chi connectivity index (χ0n) is 12.2. The van der Waals surface area contributed by atoms with Crippen LogP contribution in [0.1, 0.15) is 25.8 Å². The van der Waals surface area contributed by atoms with Crippen molar-refractivity contribution >= 4 is 15.7 Å². The molecule has 0 amide bonds. The van der Waals surface area contributed by atoms with Crippen LogP contribution in [0.4, 0.5) is 5.69 Å². The molecular weight excluding hydrogens is 276 g/mol. The average molecular weight is 300 g/mol. The smallest absolute Gasteiger partial charge is 0.234 e. The fourth-order valence-electron chi connectivity index (χ4n) is 1.64. The van der Waals surface area contributed by atoms with E-state index in [1.165, 1.54) is 0 Å². The molecule has 5 nitrogen and oxygen atoms in total. The molecule has 0 aliphatic heterocycles. The predicted octanol–water partition coefficient (Wildman–Crippen LogP) is 1.96. The summed E-state index contributed by atoms with van der Waals surface area (Å²) in [5, 5.41) is 3.30. The van der Waals surface area contributed by atoms with Crippen LogP contribution in [0.5, 0.6) is 0 Å². The van der Waals surface area contributed by atoms with Gasteiger partial charge < -0.3 is 10.1 Å². The van der Waals surface area contributed by atoms with Gasteiger partial charge in [-0.15, -0.1) is 0 Å². The topological polar surface area (TPSA) is 67.4 Å². The van der Waals surface area contributed by atoms with Gasteiger partial charge in [0, 0.05) is 18.8 Å². The first-order valence-electron chi connectivity index (χ1n) is 6.95. The first-order valence-corrected chi connectivity index (χ1v) is 8.60. The molecule has 0 spiro atoms. The van der Waals surface area contributed by atoms with E-state index in [1.54, 1.807) is 12.1 Å². The summed E-state index contributed by atoms with van der Waals surface area (Å²) < 4.78 is 31.1. The molecule has 0 saturated heterocycles. The summed E-state index contributed by atoms with van der Waals surface area (Å²) in [7, 11) is -3.33. The molecule has 2 N–H and O–H groups in total. The van der Waals surface area contributed by atoms with Crippen molar-refractivity contribution in [2.45, 2.75) is 26.8 Å². The molecule has 0 radical (unpaired) electrons. The fraction of sp³-hybridized carbons (Fsp3) is 0.571. The molecule has 114 valence electrons. The minimum Gasteiger partial charge on any atom is -0.381 e. The summed E-state index contributed by atoms with van der Waals surface area (Å²) in [6.07, 6.45) is 1.09. The number of nitrogens with one attached hydrogen (secondary N) is 2. The number of benzene rings is 1. The second-order valence-corrected chi connectivity index (χ2v) is 6.33. The van der Waals surface area contributed by atoms with Crippen molar-refractivity contribution in [3.05, 3.63) is 29.8 Å². The molecule has 0 atom stereocenters. The van der Waals surface area contributed by atoms with Crippen LogP contribution in [0.25, 0.3) is 0 Å². The van der Waals surface area contributed by atoms with Gasteiger partial charge in [0.15, 0.2) is 0 Å². The highest BCUT2D eigenvalue weighted by molar-refractivity contribution is 7.92. The zero-order chi connectivity index (χ0) is 14.8. The SMILES string of the molecule is CCCNCc1ccc(NS(=O)(=O)CCOCC)cc1. The van der Waals surface area contributed by atoms with Gasteiger partial charge in [-0.1, -0.05) is 19.1 Å². The van der Waals surface area contributed by atoms with E-state index < -0.39 is 10.0 Å². The molecule has 1 rings (SSSR count). The van der Waals surface area contributed by atoms with Gasteiger partial charge in [-0.3, -0.25) is 4.72 Å². The molecule has 6 heteroatoms. The lowest BCUT2D eigenvalue weighted by atomic mass is 10.2. The molecule has 0 aliphatic carbocycles. The van der Waals surface area contributed by atoms with Crippen LogP contribution in [0.2, 0.25) is 0 Å². The maximum absolute atomic E-state index is 11.8. The number of sulfonamides is 1. The highest BCUT2D eigenvalue weighted by Gasteiger charge is 2.09. The summed E-state index contributed by atoms with van der Waals surface area (Å²) >= 11 is 0. The summed E-state index contributed by atoms with van der Waals surface area (Å²) in [5.74, 6) is -0.0271. The van der Waals surface area contributed by atoms with E-state index in [4.69, 9.17) is 4.74 Å². The molecule has 1 aromatic carbocycles. The predicted molar refractivity (Wildman–Crippen MR) is 82.3 cm³/mol. The fourth-order valence-corrected chi connectivity index (χ4v) is 2.58. The highest BCUT2D eigenvalue weighted by atomic mass is 32.2. The second-order valence-electron chi connectivity index (χ2n) is 4.49. The molecule has 0 saturated carbocycles. The Hall–Kier alpha value is -1.11. The van der Waals surface area contributed by atoms with Crippen LogP contribution in [-0.4, -0.2) is 33.9 Å². The van der Waals surface area contributed by atoms with E-state index in [2.05, 4.69) is 17.0 Å². The number of hydrogen-bond donors (Lipinski definition) is 2. The number of rotatable bonds is 10. The number of hydrogen-bond acceptors (Lipinski definition) is 4. The van der Waals surface area contributed by atoms with Gasteiger partial charge in [0.05, 0.1) is 12.4 Å². The monoisotopic (exact) mass is 300 g/mol. The molecular formula is C14H24N2O3S. The Kier molecular flexibility index (Phi) is 7.58. The van der Waals surface area contributed by atoms with Gasteiger partial charge >= 0.3 is 0 Å². The van der Waals surface area contributed by atoms with E-state index >= 15 is 0 Å². The number of anilines is 1. The quantitative estimate of drug-likeness (QED) is 0.648. The third-order valence-corrected chi connectivity index (χ3v) is 3.93. The van der Waals surface area contributed by atoms with Crippen molar-refractivity contribution in [3.63, 3.8) is 0 Å². The van der Waals surface area contributed by atoms with Gasteiger partial charge in [-0.05, 0) is 37.6 Å². The second kappa shape index (κ2) is 8.94. The molecule has 20 heavy (non-hydrogen) atoms. The minimum absolute atomic E-state index is 0.0271. The van der Waals surface area contributed by atoms with Crippen molar-refractivity contribution < 1.29 is 13.2 Å². The Morgan fingerprint density at radius 2 is 1.85 bits per heavy atom. The molecule has 0 heterocycles. The third-order valence-electron chi connectivity index (χ3n) is 2.68. The molecule has 0 unspecified atom stereocenters. The van der Waals surface area contributed by atoms with Crippen LogP contribution in [-0.2, 0) is 21.3 Å². The van der Waals surface area contributed by atoms with Crippen LogP contribution in [0.3, 0.4) is 0 Å². The molecule has 0 aliphatic rings. The Labute approximate surface area is 121 Å². The van der Waals surface area contributed by atoms with E-state index in [1.807, 2.05) is 19.1 Å². The van der Waals surface area contributed by atoms with Crippen molar-refractivity contribution in [1.29, 1.82) is 0 Å². The minimum atomic E-state index is -3.33. The first kappa shape index (κ1) is 16.9. The third kappa shape index (κ3) is 6.88. The van der Waals surface area contributed by atoms with Crippen LogP contribution in [0, 0.1) is 0 Å². The average Bonchev–Trinajstić information content (AvgIpc) is 2.41. The molecule has 0 aromatic heterocycles. The first-order chi connectivity index (χ1) is 9.57. The van der Waals surface area contributed by atoms with Crippen molar-refractivity contribution in [2.24, 2.45) is 0 Å². The Bertz CT molecular complexity index is 472. The van der Waals surface area contributed by atoms with Crippen LogP contribution in [0.15, 0.2) is 24.3 Å². The van der Waals surface area contributed by atoms with Gasteiger partial charge in [-0.2, -0.15) is 0 Å². The van der Waals surface area contributed by atoms with E-state index in [9.17, 15) is 8.42 Å².